The number of carbonyl (C=O) groups excluding carboxylic acids is 1. The lowest BCUT2D eigenvalue weighted by Crippen LogP contribution is -2.55. The number of rotatable bonds is 1. The van der Waals surface area contributed by atoms with Crippen LogP contribution in [0.15, 0.2) is 23.8 Å². The van der Waals surface area contributed by atoms with Crippen LogP contribution in [-0.2, 0) is 9.53 Å². The van der Waals surface area contributed by atoms with Crippen LogP contribution in [0.3, 0.4) is 0 Å². The maximum absolute atomic E-state index is 13.0. The Labute approximate surface area is 144 Å². The summed E-state index contributed by atoms with van der Waals surface area (Å²) >= 11 is 0. The quantitative estimate of drug-likeness (QED) is 0.724. The van der Waals surface area contributed by atoms with Crippen LogP contribution in [0, 0.1) is 23.7 Å². The molecule has 0 spiro atoms. The first kappa shape index (κ1) is 17.8. The molecule has 2 bridgehead atoms. The van der Waals surface area contributed by atoms with Crippen molar-refractivity contribution in [1.82, 2.24) is 0 Å². The Balaban J connectivity index is 2.09. The number of Topliss-reactive ketones (excluding diaryl/α,β-unsaturated/α-hetero) is 1. The minimum Gasteiger partial charge on any atom is -0.390 e. The van der Waals surface area contributed by atoms with Crippen molar-refractivity contribution in [3.8, 4) is 0 Å². The van der Waals surface area contributed by atoms with Gasteiger partial charge in [-0.25, -0.2) is 0 Å². The van der Waals surface area contributed by atoms with E-state index in [9.17, 15) is 15.0 Å². The Bertz CT molecular complexity index is 576. The molecule has 0 aromatic heterocycles. The van der Waals surface area contributed by atoms with Crippen LogP contribution in [-0.4, -0.2) is 39.9 Å². The monoisotopic (exact) mass is 334 g/mol. The first-order valence-corrected chi connectivity index (χ1v) is 9.05. The van der Waals surface area contributed by atoms with Gasteiger partial charge in [0.25, 0.3) is 0 Å². The molecular weight excluding hydrogens is 304 g/mol. The largest absolute Gasteiger partial charge is 0.390 e. The lowest BCUT2D eigenvalue weighted by molar-refractivity contribution is -0.161. The number of fused-ring (bicyclic) bond motifs is 5. The van der Waals surface area contributed by atoms with Crippen LogP contribution in [0.5, 0.6) is 0 Å². The molecule has 2 aliphatic heterocycles. The molecule has 8 atom stereocenters. The van der Waals surface area contributed by atoms with Gasteiger partial charge in [-0.05, 0) is 46.0 Å². The highest BCUT2D eigenvalue weighted by Gasteiger charge is 2.60. The molecule has 2 heterocycles. The molecule has 1 aliphatic carbocycles. The first-order valence-electron chi connectivity index (χ1n) is 9.05. The van der Waals surface area contributed by atoms with Gasteiger partial charge in [0.15, 0.2) is 0 Å². The molecule has 4 nitrogen and oxygen atoms in total. The van der Waals surface area contributed by atoms with Gasteiger partial charge in [0, 0.05) is 11.8 Å². The Kier molecular flexibility index (Phi) is 4.52. The summed E-state index contributed by atoms with van der Waals surface area (Å²) in [6.45, 7) is 11.8. The average molecular weight is 334 g/mol. The van der Waals surface area contributed by atoms with E-state index in [1.54, 1.807) is 6.92 Å². The SMILES string of the molecule is C=C(C)[C@H]1C[C@@H](C)C(=O)[C@H]2[C@@H]1[C@H]1O[C@@H]2C/C(C)=C\C[C@H](O)[C@@]1(C)O. The number of aliphatic hydroxyl groups is 2. The summed E-state index contributed by atoms with van der Waals surface area (Å²) in [4.78, 5) is 13.0. The Morgan fingerprint density at radius 3 is 2.75 bits per heavy atom. The van der Waals surface area contributed by atoms with Crippen molar-refractivity contribution in [3.05, 3.63) is 23.8 Å². The second-order valence-electron chi connectivity index (χ2n) is 8.42. The van der Waals surface area contributed by atoms with Crippen molar-refractivity contribution >= 4 is 5.78 Å². The van der Waals surface area contributed by atoms with Crippen LogP contribution in [0.2, 0.25) is 0 Å². The van der Waals surface area contributed by atoms with E-state index in [1.807, 2.05) is 26.8 Å². The Morgan fingerprint density at radius 1 is 1.46 bits per heavy atom. The molecule has 2 fully saturated rings. The highest BCUT2D eigenvalue weighted by Crippen LogP contribution is 2.52. The molecule has 24 heavy (non-hydrogen) atoms. The lowest BCUT2D eigenvalue weighted by Gasteiger charge is -2.43. The highest BCUT2D eigenvalue weighted by molar-refractivity contribution is 5.85. The summed E-state index contributed by atoms with van der Waals surface area (Å²) in [5, 5.41) is 21.6. The third-order valence-electron chi connectivity index (χ3n) is 6.47. The number of carbonyl (C=O) groups is 1. The molecule has 0 unspecified atom stereocenters. The molecule has 3 rings (SSSR count). The molecule has 2 N–H and O–H groups in total. The molecule has 134 valence electrons. The zero-order valence-electron chi connectivity index (χ0n) is 15.2. The van der Waals surface area contributed by atoms with E-state index in [0.29, 0.717) is 12.8 Å². The number of hydrogen-bond donors (Lipinski definition) is 2. The molecular formula is C20H30O4. The van der Waals surface area contributed by atoms with Crippen LogP contribution in [0.25, 0.3) is 0 Å². The van der Waals surface area contributed by atoms with Gasteiger partial charge in [-0.1, -0.05) is 30.7 Å². The summed E-state index contributed by atoms with van der Waals surface area (Å²) < 4.78 is 6.27. The fraction of sp³-hybridized carbons (Fsp3) is 0.750. The minimum atomic E-state index is -1.38. The molecule has 1 saturated heterocycles. The van der Waals surface area contributed by atoms with Gasteiger partial charge in [-0.3, -0.25) is 4.79 Å². The van der Waals surface area contributed by atoms with Crippen molar-refractivity contribution in [2.45, 2.75) is 70.9 Å². The van der Waals surface area contributed by atoms with Gasteiger partial charge in [-0.15, -0.1) is 0 Å². The highest BCUT2D eigenvalue weighted by atomic mass is 16.5. The van der Waals surface area contributed by atoms with E-state index >= 15 is 0 Å². The normalized spacial score (nSPS) is 51.0. The fourth-order valence-electron chi connectivity index (χ4n) is 4.99. The van der Waals surface area contributed by atoms with Crippen LogP contribution >= 0.6 is 0 Å². The zero-order valence-corrected chi connectivity index (χ0v) is 15.2. The summed E-state index contributed by atoms with van der Waals surface area (Å²) in [6, 6.07) is 0. The van der Waals surface area contributed by atoms with Crippen molar-refractivity contribution < 1.29 is 19.7 Å². The van der Waals surface area contributed by atoms with E-state index in [4.69, 9.17) is 4.74 Å². The maximum atomic E-state index is 13.0. The lowest BCUT2D eigenvalue weighted by atomic mass is 9.60. The summed E-state index contributed by atoms with van der Waals surface area (Å²) in [6.07, 6.45) is 2.14. The molecule has 1 saturated carbocycles. The minimum absolute atomic E-state index is 0.0140. The third kappa shape index (κ3) is 2.69. The molecule has 0 aromatic rings. The van der Waals surface area contributed by atoms with Crippen molar-refractivity contribution in [2.75, 3.05) is 0 Å². The maximum Gasteiger partial charge on any atom is 0.141 e. The summed E-state index contributed by atoms with van der Waals surface area (Å²) in [5.74, 6) is 0.0379. The van der Waals surface area contributed by atoms with Crippen molar-refractivity contribution in [2.24, 2.45) is 23.7 Å². The molecule has 0 aromatic carbocycles. The molecule has 0 amide bonds. The Morgan fingerprint density at radius 2 is 2.12 bits per heavy atom. The van der Waals surface area contributed by atoms with Gasteiger partial charge in [0.2, 0.25) is 0 Å². The topological polar surface area (TPSA) is 66.8 Å². The van der Waals surface area contributed by atoms with E-state index < -0.39 is 17.8 Å². The average Bonchev–Trinajstić information content (AvgIpc) is 2.88. The number of allylic oxidation sites excluding steroid dienone is 1. The van der Waals surface area contributed by atoms with Crippen LogP contribution in [0.1, 0.15) is 47.0 Å². The number of ether oxygens (including phenoxy) is 1. The van der Waals surface area contributed by atoms with Crippen LogP contribution < -0.4 is 0 Å². The van der Waals surface area contributed by atoms with Crippen molar-refractivity contribution in [1.29, 1.82) is 0 Å². The number of aliphatic hydroxyl groups excluding tert-OH is 1. The fourth-order valence-corrected chi connectivity index (χ4v) is 4.99. The van der Waals surface area contributed by atoms with Crippen LogP contribution in [0.4, 0.5) is 0 Å². The van der Waals surface area contributed by atoms with Crippen molar-refractivity contribution in [3.63, 3.8) is 0 Å². The second kappa shape index (κ2) is 6.08. The Hall–Kier alpha value is -0.970. The predicted molar refractivity (Wildman–Crippen MR) is 92.4 cm³/mol. The van der Waals surface area contributed by atoms with E-state index in [-0.39, 0.29) is 35.6 Å². The number of hydrogen-bond acceptors (Lipinski definition) is 4. The molecule has 0 radical (unpaired) electrons. The summed E-state index contributed by atoms with van der Waals surface area (Å²) in [7, 11) is 0. The van der Waals surface area contributed by atoms with Gasteiger partial charge in [0.05, 0.1) is 24.2 Å². The smallest absolute Gasteiger partial charge is 0.141 e. The van der Waals surface area contributed by atoms with Gasteiger partial charge in [-0.2, -0.15) is 0 Å². The molecule has 3 aliphatic rings. The predicted octanol–water partition coefficient (Wildman–Crippen LogP) is 2.64. The van der Waals surface area contributed by atoms with E-state index in [0.717, 1.165) is 17.6 Å². The standard InChI is InChI=1S/C20H30O4/c1-10(2)13-9-12(4)18(22)17-14-8-11(3)6-7-15(21)20(5,23)19(24-14)16(13)17/h6,12-17,19,21,23H,1,7-9H2,2-5H3/b11-6-/t12-,13-,14-,15+,16-,17-,19-,20-/m1/s1. The summed E-state index contributed by atoms with van der Waals surface area (Å²) in [5.41, 5.74) is 0.759. The van der Waals surface area contributed by atoms with Gasteiger partial charge in [0.1, 0.15) is 11.4 Å². The number of ketones is 1. The third-order valence-corrected chi connectivity index (χ3v) is 6.47. The first-order chi connectivity index (χ1) is 11.1. The van der Waals surface area contributed by atoms with E-state index in [1.165, 1.54) is 0 Å². The molecule has 4 heteroatoms. The van der Waals surface area contributed by atoms with Gasteiger partial charge < -0.3 is 14.9 Å². The zero-order chi connectivity index (χ0) is 17.8. The second-order valence-corrected chi connectivity index (χ2v) is 8.42. The van der Waals surface area contributed by atoms with Gasteiger partial charge >= 0.3 is 0 Å². The van der Waals surface area contributed by atoms with E-state index in [2.05, 4.69) is 6.58 Å².